The summed E-state index contributed by atoms with van der Waals surface area (Å²) in [5.41, 5.74) is 4.98. The van der Waals surface area contributed by atoms with E-state index >= 15 is 0 Å². The first-order valence-corrected chi connectivity index (χ1v) is 8.17. The number of para-hydroxylation sites is 1. The van der Waals surface area contributed by atoms with Gasteiger partial charge in [0.15, 0.2) is 0 Å². The molecule has 1 fully saturated rings. The number of nitrogens with two attached hydrogens (primary N) is 1. The third-order valence-corrected chi connectivity index (χ3v) is 4.29. The number of hydrogen-bond donors (Lipinski definition) is 2. The minimum atomic E-state index is -4.47. The second-order valence-corrected chi connectivity index (χ2v) is 6.16. The first-order chi connectivity index (χ1) is 11.3. The number of benzene rings is 1. The number of carbonyl (C=O) groups is 1. The summed E-state index contributed by atoms with van der Waals surface area (Å²) < 4.78 is 44.5. The molecule has 1 aromatic rings. The van der Waals surface area contributed by atoms with Gasteiger partial charge in [-0.3, -0.25) is 4.79 Å². The average molecular weight is 381 g/mol. The molecule has 3 N–H and O–H groups in total. The number of carbonyl (C=O) groups excluding carboxylic acids is 1. The molecule has 25 heavy (non-hydrogen) atoms. The molecule has 0 spiro atoms. The highest BCUT2D eigenvalue weighted by Crippen LogP contribution is 2.36. The summed E-state index contributed by atoms with van der Waals surface area (Å²) in [6, 6.07) is 5.15. The van der Waals surface area contributed by atoms with Crippen molar-refractivity contribution in [2.24, 2.45) is 11.7 Å². The fourth-order valence-electron chi connectivity index (χ4n) is 2.87. The van der Waals surface area contributed by atoms with Crippen molar-refractivity contribution in [2.45, 2.75) is 50.9 Å². The quantitative estimate of drug-likeness (QED) is 0.793. The van der Waals surface area contributed by atoms with Crippen molar-refractivity contribution >= 4 is 18.3 Å². The van der Waals surface area contributed by atoms with Gasteiger partial charge in [0.2, 0.25) is 5.91 Å². The number of rotatable bonds is 6. The Hall–Kier alpha value is -1.47. The number of ether oxygens (including phenoxy) is 1. The van der Waals surface area contributed by atoms with Gasteiger partial charge in [0.05, 0.1) is 12.1 Å². The number of amides is 1. The lowest BCUT2D eigenvalue weighted by Crippen LogP contribution is -2.38. The molecule has 2 rings (SSSR count). The minimum absolute atomic E-state index is 0. The maximum atomic E-state index is 13.0. The van der Waals surface area contributed by atoms with Crippen molar-refractivity contribution < 1.29 is 22.7 Å². The third-order valence-electron chi connectivity index (χ3n) is 4.29. The van der Waals surface area contributed by atoms with Gasteiger partial charge in [-0.15, -0.1) is 12.4 Å². The zero-order chi connectivity index (χ0) is 17.7. The monoisotopic (exact) mass is 380 g/mol. The van der Waals surface area contributed by atoms with Crippen LogP contribution in [0.1, 0.15) is 38.2 Å². The summed E-state index contributed by atoms with van der Waals surface area (Å²) in [6.45, 7) is 1.98. The van der Waals surface area contributed by atoms with Gasteiger partial charge in [-0.05, 0) is 37.8 Å². The molecule has 0 radical (unpaired) electrons. The fourth-order valence-corrected chi connectivity index (χ4v) is 2.87. The summed E-state index contributed by atoms with van der Waals surface area (Å²) in [4.78, 5) is 12.1. The Morgan fingerprint density at radius 2 is 2.04 bits per heavy atom. The van der Waals surface area contributed by atoms with E-state index in [0.717, 1.165) is 18.9 Å². The maximum absolute atomic E-state index is 13.0. The Morgan fingerprint density at radius 3 is 2.60 bits per heavy atom. The molecule has 0 aromatic heterocycles. The lowest BCUT2D eigenvalue weighted by molar-refractivity contribution is -0.139. The van der Waals surface area contributed by atoms with E-state index in [9.17, 15) is 18.0 Å². The molecule has 4 nitrogen and oxygen atoms in total. The summed E-state index contributed by atoms with van der Waals surface area (Å²) in [6.07, 6.45) is -2.28. The molecule has 0 saturated heterocycles. The van der Waals surface area contributed by atoms with E-state index in [-0.39, 0.29) is 42.6 Å². The van der Waals surface area contributed by atoms with Crippen LogP contribution in [0.5, 0.6) is 5.75 Å². The van der Waals surface area contributed by atoms with Crippen LogP contribution in [0, 0.1) is 5.92 Å². The van der Waals surface area contributed by atoms with Crippen LogP contribution >= 0.6 is 12.4 Å². The van der Waals surface area contributed by atoms with Crippen LogP contribution in [0.4, 0.5) is 13.2 Å². The Morgan fingerprint density at radius 1 is 1.36 bits per heavy atom. The SMILES string of the molecule is CCC(CNC(=O)C1CCC(N)C1)Oc1ccccc1C(F)(F)F.Cl. The molecule has 0 bridgehead atoms. The van der Waals surface area contributed by atoms with Gasteiger partial charge < -0.3 is 15.8 Å². The van der Waals surface area contributed by atoms with E-state index in [0.29, 0.717) is 12.8 Å². The van der Waals surface area contributed by atoms with Crippen LogP contribution < -0.4 is 15.8 Å². The van der Waals surface area contributed by atoms with Crippen molar-refractivity contribution in [2.75, 3.05) is 6.54 Å². The van der Waals surface area contributed by atoms with Gasteiger partial charge in [0, 0.05) is 12.0 Å². The molecule has 1 aliphatic rings. The number of nitrogens with one attached hydrogen (secondary N) is 1. The van der Waals surface area contributed by atoms with Crippen LogP contribution in [0.25, 0.3) is 0 Å². The summed E-state index contributed by atoms with van der Waals surface area (Å²) in [5.74, 6) is -0.428. The van der Waals surface area contributed by atoms with Crippen LogP contribution in [-0.4, -0.2) is 24.6 Å². The molecule has 0 aliphatic heterocycles. The molecule has 1 saturated carbocycles. The lowest BCUT2D eigenvalue weighted by Gasteiger charge is -2.21. The zero-order valence-corrected chi connectivity index (χ0v) is 14.8. The highest BCUT2D eigenvalue weighted by Gasteiger charge is 2.34. The van der Waals surface area contributed by atoms with Gasteiger partial charge in [0.1, 0.15) is 11.9 Å². The Bertz CT molecular complexity index is 569. The van der Waals surface area contributed by atoms with E-state index < -0.39 is 17.8 Å². The van der Waals surface area contributed by atoms with Gasteiger partial charge in [-0.2, -0.15) is 13.2 Å². The predicted octanol–water partition coefficient (Wildman–Crippen LogP) is 3.53. The Labute approximate surface area is 151 Å². The highest BCUT2D eigenvalue weighted by atomic mass is 35.5. The maximum Gasteiger partial charge on any atom is 0.419 e. The number of halogens is 4. The van der Waals surface area contributed by atoms with Crippen LogP contribution in [0.3, 0.4) is 0 Å². The van der Waals surface area contributed by atoms with Crippen molar-refractivity contribution in [3.63, 3.8) is 0 Å². The van der Waals surface area contributed by atoms with E-state index in [2.05, 4.69) is 5.32 Å². The molecular weight excluding hydrogens is 357 g/mol. The van der Waals surface area contributed by atoms with E-state index in [1.807, 2.05) is 0 Å². The topological polar surface area (TPSA) is 64.4 Å². The zero-order valence-electron chi connectivity index (χ0n) is 14.0. The minimum Gasteiger partial charge on any atom is -0.488 e. The van der Waals surface area contributed by atoms with Crippen molar-refractivity contribution in [3.8, 4) is 5.75 Å². The predicted molar refractivity (Wildman–Crippen MR) is 91.7 cm³/mol. The number of alkyl halides is 3. The van der Waals surface area contributed by atoms with Crippen molar-refractivity contribution in [1.29, 1.82) is 0 Å². The molecule has 1 amide bonds. The van der Waals surface area contributed by atoms with Gasteiger partial charge >= 0.3 is 6.18 Å². The average Bonchev–Trinajstić information content (AvgIpc) is 2.97. The Balaban J connectivity index is 0.00000312. The normalized spacial score (nSPS) is 21.3. The Kier molecular flexibility index (Phi) is 8.02. The van der Waals surface area contributed by atoms with E-state index in [1.165, 1.54) is 18.2 Å². The van der Waals surface area contributed by atoms with Gasteiger partial charge in [-0.1, -0.05) is 19.1 Å². The third kappa shape index (κ3) is 6.08. The molecule has 3 atom stereocenters. The highest BCUT2D eigenvalue weighted by molar-refractivity contribution is 5.85. The molecule has 142 valence electrons. The molecule has 1 aromatic carbocycles. The largest absolute Gasteiger partial charge is 0.488 e. The van der Waals surface area contributed by atoms with E-state index in [4.69, 9.17) is 10.5 Å². The van der Waals surface area contributed by atoms with Crippen LogP contribution in [0.2, 0.25) is 0 Å². The van der Waals surface area contributed by atoms with Crippen molar-refractivity contribution in [3.05, 3.63) is 29.8 Å². The van der Waals surface area contributed by atoms with Crippen molar-refractivity contribution in [1.82, 2.24) is 5.32 Å². The standard InChI is InChI=1S/C17H23F3N2O2.ClH/c1-2-13(10-22-16(23)11-7-8-12(21)9-11)24-15-6-4-3-5-14(15)17(18,19)20;/h3-6,11-13H,2,7-10,21H2,1H3,(H,22,23);1H. The summed E-state index contributed by atoms with van der Waals surface area (Å²) >= 11 is 0. The fraction of sp³-hybridized carbons (Fsp3) is 0.588. The van der Waals surface area contributed by atoms with E-state index in [1.54, 1.807) is 6.92 Å². The lowest BCUT2D eigenvalue weighted by atomic mass is 10.1. The molecule has 8 heteroatoms. The van der Waals surface area contributed by atoms with Crippen LogP contribution in [-0.2, 0) is 11.0 Å². The molecule has 0 heterocycles. The first kappa shape index (κ1) is 21.6. The first-order valence-electron chi connectivity index (χ1n) is 8.17. The van der Waals surface area contributed by atoms with Gasteiger partial charge in [-0.25, -0.2) is 0 Å². The molecule has 1 aliphatic carbocycles. The number of hydrogen-bond acceptors (Lipinski definition) is 3. The van der Waals surface area contributed by atoms with Gasteiger partial charge in [0.25, 0.3) is 0 Å². The smallest absolute Gasteiger partial charge is 0.419 e. The molecular formula is C17H24ClF3N2O2. The second-order valence-electron chi connectivity index (χ2n) is 6.16. The molecule has 3 unspecified atom stereocenters. The summed E-state index contributed by atoms with van der Waals surface area (Å²) in [5, 5.41) is 2.77. The second kappa shape index (κ2) is 9.29. The van der Waals surface area contributed by atoms with Crippen LogP contribution in [0.15, 0.2) is 24.3 Å². The summed E-state index contributed by atoms with van der Waals surface area (Å²) in [7, 11) is 0.